The average molecular weight is 156 g/mol. The number of nitrogens with one attached hydrogen (secondary N) is 1. The summed E-state index contributed by atoms with van der Waals surface area (Å²) < 4.78 is 0. The van der Waals surface area contributed by atoms with Gasteiger partial charge in [0.2, 0.25) is 0 Å². The predicted molar refractivity (Wildman–Crippen MR) is 45.7 cm³/mol. The van der Waals surface area contributed by atoms with Crippen LogP contribution in [0, 0.1) is 0 Å². The summed E-state index contributed by atoms with van der Waals surface area (Å²) >= 11 is 0. The molecule has 0 aromatic carbocycles. The molecule has 0 saturated carbocycles. The van der Waals surface area contributed by atoms with Gasteiger partial charge in [-0.15, -0.1) is 0 Å². The molecular formula is C8H16N2O. The summed E-state index contributed by atoms with van der Waals surface area (Å²) in [6.07, 6.45) is 1.23. The molecule has 1 rings (SSSR count). The average Bonchev–Trinajstić information content (AvgIpc) is 2.31. The third-order valence-electron chi connectivity index (χ3n) is 1.63. The molecule has 0 spiro atoms. The molecule has 64 valence electrons. The van der Waals surface area contributed by atoms with Crippen LogP contribution in [0.3, 0.4) is 0 Å². The highest BCUT2D eigenvalue weighted by Crippen LogP contribution is 2.08. The van der Waals surface area contributed by atoms with Crippen molar-refractivity contribution in [2.75, 3.05) is 6.54 Å². The fourth-order valence-corrected chi connectivity index (χ4v) is 1.05. The van der Waals surface area contributed by atoms with Gasteiger partial charge in [-0.1, -0.05) is 19.0 Å². The van der Waals surface area contributed by atoms with Crippen LogP contribution in [-0.2, 0) is 4.84 Å². The first-order valence-corrected chi connectivity index (χ1v) is 4.11. The van der Waals surface area contributed by atoms with Gasteiger partial charge >= 0.3 is 0 Å². The molecule has 0 aliphatic carbocycles. The molecule has 3 nitrogen and oxygen atoms in total. The molecule has 1 aliphatic heterocycles. The topological polar surface area (TPSA) is 33.6 Å². The van der Waals surface area contributed by atoms with E-state index < -0.39 is 0 Å². The largest absolute Gasteiger partial charge is 0.391 e. The van der Waals surface area contributed by atoms with Crippen molar-refractivity contribution in [3.63, 3.8) is 0 Å². The fraction of sp³-hybridized carbons (Fsp3) is 0.875. The van der Waals surface area contributed by atoms with Gasteiger partial charge in [0.1, 0.15) is 6.10 Å². The molecule has 0 amide bonds. The van der Waals surface area contributed by atoms with Crippen molar-refractivity contribution in [1.82, 2.24) is 5.32 Å². The van der Waals surface area contributed by atoms with E-state index in [4.69, 9.17) is 4.84 Å². The Kier molecular flexibility index (Phi) is 2.88. The number of hydrogen-bond acceptors (Lipinski definition) is 3. The normalized spacial score (nSPS) is 23.6. The van der Waals surface area contributed by atoms with E-state index in [1.165, 1.54) is 0 Å². The lowest BCUT2D eigenvalue weighted by atomic mass is 10.2. The van der Waals surface area contributed by atoms with Crippen LogP contribution in [0.2, 0.25) is 0 Å². The summed E-state index contributed by atoms with van der Waals surface area (Å²) in [4.78, 5) is 5.14. The monoisotopic (exact) mass is 156 g/mol. The van der Waals surface area contributed by atoms with Crippen LogP contribution < -0.4 is 5.32 Å². The first kappa shape index (κ1) is 8.53. The molecule has 1 aliphatic rings. The molecule has 0 aromatic heterocycles. The summed E-state index contributed by atoms with van der Waals surface area (Å²) in [7, 11) is 0. The van der Waals surface area contributed by atoms with Crippen molar-refractivity contribution in [2.45, 2.75) is 39.3 Å². The summed E-state index contributed by atoms with van der Waals surface area (Å²) in [5.41, 5.74) is 1.10. The Morgan fingerprint density at radius 2 is 2.45 bits per heavy atom. The van der Waals surface area contributed by atoms with Crippen molar-refractivity contribution in [3.8, 4) is 0 Å². The van der Waals surface area contributed by atoms with Crippen LogP contribution in [0.4, 0.5) is 0 Å². The second-order valence-corrected chi connectivity index (χ2v) is 3.32. The van der Waals surface area contributed by atoms with Gasteiger partial charge in [-0.25, -0.2) is 0 Å². The van der Waals surface area contributed by atoms with Crippen LogP contribution >= 0.6 is 0 Å². The Morgan fingerprint density at radius 1 is 1.73 bits per heavy atom. The predicted octanol–water partition coefficient (Wildman–Crippen LogP) is 1.15. The van der Waals surface area contributed by atoms with E-state index in [9.17, 15) is 0 Å². The van der Waals surface area contributed by atoms with E-state index in [0.29, 0.717) is 6.04 Å². The molecular weight excluding hydrogens is 140 g/mol. The highest BCUT2D eigenvalue weighted by atomic mass is 16.6. The molecule has 1 heterocycles. The molecule has 1 N–H and O–H groups in total. The Hall–Kier alpha value is -0.570. The third-order valence-corrected chi connectivity index (χ3v) is 1.63. The number of rotatable bonds is 3. The highest BCUT2D eigenvalue weighted by Gasteiger charge is 2.17. The molecule has 1 unspecified atom stereocenters. The highest BCUT2D eigenvalue weighted by molar-refractivity contribution is 5.82. The van der Waals surface area contributed by atoms with Gasteiger partial charge in [0.25, 0.3) is 0 Å². The van der Waals surface area contributed by atoms with Crippen molar-refractivity contribution in [1.29, 1.82) is 0 Å². The van der Waals surface area contributed by atoms with Gasteiger partial charge in [0.15, 0.2) is 0 Å². The Bertz CT molecular complexity index is 154. The summed E-state index contributed by atoms with van der Waals surface area (Å²) in [5, 5.41) is 7.18. The van der Waals surface area contributed by atoms with Crippen molar-refractivity contribution >= 4 is 5.71 Å². The lowest BCUT2D eigenvalue weighted by molar-refractivity contribution is 0.0836. The second-order valence-electron chi connectivity index (χ2n) is 3.32. The third kappa shape index (κ3) is 2.89. The van der Waals surface area contributed by atoms with E-state index >= 15 is 0 Å². The quantitative estimate of drug-likeness (QED) is 0.665. The molecule has 1 atom stereocenters. The van der Waals surface area contributed by atoms with E-state index in [0.717, 1.165) is 18.7 Å². The zero-order valence-corrected chi connectivity index (χ0v) is 7.42. The first-order valence-electron chi connectivity index (χ1n) is 4.11. The van der Waals surface area contributed by atoms with Crippen molar-refractivity contribution in [3.05, 3.63) is 0 Å². The number of hydrogen-bond donors (Lipinski definition) is 1. The minimum absolute atomic E-state index is 0.261. The molecule has 0 radical (unpaired) electrons. The van der Waals surface area contributed by atoms with Crippen molar-refractivity contribution < 1.29 is 4.84 Å². The molecule has 0 bridgehead atoms. The lowest BCUT2D eigenvalue weighted by Crippen LogP contribution is -2.31. The molecule has 0 saturated heterocycles. The van der Waals surface area contributed by atoms with Gasteiger partial charge in [-0.2, -0.15) is 0 Å². The Morgan fingerprint density at radius 3 is 2.91 bits per heavy atom. The summed E-state index contributed by atoms with van der Waals surface area (Å²) in [5.74, 6) is 0. The van der Waals surface area contributed by atoms with Crippen LogP contribution in [-0.4, -0.2) is 24.4 Å². The fourth-order valence-electron chi connectivity index (χ4n) is 1.05. The van der Waals surface area contributed by atoms with Gasteiger partial charge in [0, 0.05) is 19.0 Å². The maximum absolute atomic E-state index is 5.14. The van der Waals surface area contributed by atoms with E-state index in [2.05, 4.69) is 24.3 Å². The maximum atomic E-state index is 5.14. The molecule has 11 heavy (non-hydrogen) atoms. The van der Waals surface area contributed by atoms with Crippen LogP contribution in [0.25, 0.3) is 0 Å². The van der Waals surface area contributed by atoms with Crippen LogP contribution in [0.5, 0.6) is 0 Å². The minimum Gasteiger partial charge on any atom is -0.391 e. The SMILES string of the molecule is CC1=NOC(CNC(C)C)C1. The van der Waals surface area contributed by atoms with Crippen molar-refractivity contribution in [2.24, 2.45) is 5.16 Å². The van der Waals surface area contributed by atoms with E-state index in [1.54, 1.807) is 0 Å². The standard InChI is InChI=1S/C8H16N2O/c1-6(2)9-5-8-4-7(3)10-11-8/h6,8-9H,4-5H2,1-3H3. The number of nitrogens with zero attached hydrogens (tertiary/aromatic N) is 1. The zero-order chi connectivity index (χ0) is 8.27. The summed E-state index contributed by atoms with van der Waals surface area (Å²) in [6, 6.07) is 0.527. The second kappa shape index (κ2) is 3.72. The van der Waals surface area contributed by atoms with E-state index in [1.807, 2.05) is 6.92 Å². The van der Waals surface area contributed by atoms with Crippen LogP contribution in [0.15, 0.2) is 5.16 Å². The van der Waals surface area contributed by atoms with Gasteiger partial charge in [-0.3, -0.25) is 0 Å². The molecule has 3 heteroatoms. The summed E-state index contributed by atoms with van der Waals surface area (Å²) in [6.45, 7) is 7.15. The molecule has 0 aromatic rings. The van der Waals surface area contributed by atoms with Gasteiger partial charge in [0.05, 0.1) is 5.71 Å². The Labute approximate surface area is 67.8 Å². The van der Waals surface area contributed by atoms with E-state index in [-0.39, 0.29) is 6.10 Å². The maximum Gasteiger partial charge on any atom is 0.145 e. The minimum atomic E-state index is 0.261. The number of oxime groups is 1. The molecule has 0 fully saturated rings. The lowest BCUT2D eigenvalue weighted by Gasteiger charge is -2.11. The van der Waals surface area contributed by atoms with Crippen LogP contribution in [0.1, 0.15) is 27.2 Å². The van der Waals surface area contributed by atoms with Gasteiger partial charge < -0.3 is 10.2 Å². The zero-order valence-electron chi connectivity index (χ0n) is 7.42. The smallest absolute Gasteiger partial charge is 0.145 e. The van der Waals surface area contributed by atoms with Gasteiger partial charge in [-0.05, 0) is 6.92 Å². The Balaban J connectivity index is 2.11. The first-order chi connectivity index (χ1) is 5.18.